The van der Waals surface area contributed by atoms with Gasteiger partial charge in [0.1, 0.15) is 0 Å². The van der Waals surface area contributed by atoms with Gasteiger partial charge in [-0.3, -0.25) is 14.2 Å². The largest absolute Gasteiger partial charge is 0.383 e. The summed E-state index contributed by atoms with van der Waals surface area (Å²) in [5.74, 6) is 0.0957. The molecule has 6 nitrogen and oxygen atoms in total. The number of carbonyl (C=O) groups excluding carboxylic acids is 1. The maximum atomic E-state index is 13.1. The molecular weight excluding hydrogens is 434 g/mol. The molecule has 2 aromatic carbocycles. The first kappa shape index (κ1) is 23.5. The molecule has 0 saturated heterocycles. The number of nitrogens with one attached hydrogen (secondary N) is 1. The van der Waals surface area contributed by atoms with Crippen LogP contribution in [0.2, 0.25) is 0 Å². The maximum absolute atomic E-state index is 13.1. The van der Waals surface area contributed by atoms with Crippen LogP contribution in [0.25, 0.3) is 10.9 Å². The average molecular weight is 466 g/mol. The number of fused-ring (bicyclic) bond motifs is 2. The number of nitrogens with zero attached hydrogens (tertiary/aromatic N) is 2. The molecule has 1 aliphatic carbocycles. The van der Waals surface area contributed by atoms with E-state index >= 15 is 0 Å². The third-order valence-corrected chi connectivity index (χ3v) is 7.16. The molecule has 1 aromatic heterocycles. The van der Waals surface area contributed by atoms with Crippen molar-refractivity contribution in [3.8, 4) is 0 Å². The van der Waals surface area contributed by atoms with Gasteiger partial charge in [-0.15, -0.1) is 0 Å². The van der Waals surface area contributed by atoms with E-state index in [1.54, 1.807) is 17.7 Å². The molecule has 174 valence electrons. The lowest BCUT2D eigenvalue weighted by Gasteiger charge is -2.21. The van der Waals surface area contributed by atoms with Crippen molar-refractivity contribution in [2.45, 2.75) is 56.8 Å². The highest BCUT2D eigenvalue weighted by Crippen LogP contribution is 2.25. The molecule has 1 aliphatic rings. The van der Waals surface area contributed by atoms with Crippen molar-refractivity contribution in [2.75, 3.05) is 19.5 Å². The lowest BCUT2D eigenvalue weighted by Crippen LogP contribution is -2.30. The van der Waals surface area contributed by atoms with Gasteiger partial charge in [0.05, 0.1) is 35.3 Å². The number of hydrogen-bond donors (Lipinski definition) is 1. The van der Waals surface area contributed by atoms with E-state index in [9.17, 15) is 9.59 Å². The van der Waals surface area contributed by atoms with E-state index in [1.807, 2.05) is 32.0 Å². The summed E-state index contributed by atoms with van der Waals surface area (Å²) in [6.45, 7) is 4.32. The number of aryl methyl sites for hydroxylation is 2. The molecular formula is C26H31N3O3S. The van der Waals surface area contributed by atoms with Crippen LogP contribution in [0.1, 0.15) is 55.5 Å². The summed E-state index contributed by atoms with van der Waals surface area (Å²) in [7, 11) is 1.61. The van der Waals surface area contributed by atoms with Crippen LogP contribution in [0.4, 0.5) is 0 Å². The molecule has 0 unspecified atom stereocenters. The Bertz CT molecular complexity index is 1210. The Morgan fingerprint density at radius 1 is 1.15 bits per heavy atom. The van der Waals surface area contributed by atoms with Crippen molar-refractivity contribution in [3.63, 3.8) is 0 Å². The summed E-state index contributed by atoms with van der Waals surface area (Å²) in [5.41, 5.74) is 4.49. The third-order valence-electron chi connectivity index (χ3n) is 6.21. The van der Waals surface area contributed by atoms with Gasteiger partial charge in [-0.25, -0.2) is 4.98 Å². The molecule has 0 saturated carbocycles. The van der Waals surface area contributed by atoms with Crippen molar-refractivity contribution in [1.29, 1.82) is 0 Å². The Kier molecular flexibility index (Phi) is 7.50. The van der Waals surface area contributed by atoms with Crippen LogP contribution in [-0.4, -0.2) is 34.9 Å². The number of para-hydroxylation sites is 1. The molecule has 0 fully saturated rings. The monoisotopic (exact) mass is 465 g/mol. The minimum atomic E-state index is -0.195. The second kappa shape index (κ2) is 10.5. The normalized spacial score (nSPS) is 15.1. The molecule has 1 amide bonds. The lowest BCUT2D eigenvalue weighted by molar-refractivity contribution is -0.119. The predicted molar refractivity (Wildman–Crippen MR) is 133 cm³/mol. The molecule has 0 spiro atoms. The van der Waals surface area contributed by atoms with E-state index in [2.05, 4.69) is 28.5 Å². The van der Waals surface area contributed by atoms with Crippen molar-refractivity contribution in [1.82, 2.24) is 14.9 Å². The van der Waals surface area contributed by atoms with Gasteiger partial charge in [0.15, 0.2) is 5.16 Å². The highest BCUT2D eigenvalue weighted by atomic mass is 32.2. The Morgan fingerprint density at radius 2 is 1.91 bits per heavy atom. The number of benzene rings is 2. The van der Waals surface area contributed by atoms with E-state index in [1.165, 1.54) is 35.7 Å². The van der Waals surface area contributed by atoms with Crippen LogP contribution in [0.3, 0.4) is 0 Å². The first-order valence-corrected chi connectivity index (χ1v) is 12.5. The Morgan fingerprint density at radius 3 is 2.70 bits per heavy atom. The van der Waals surface area contributed by atoms with Gasteiger partial charge >= 0.3 is 0 Å². The molecule has 4 rings (SSSR count). The zero-order chi connectivity index (χ0) is 23.4. The predicted octanol–water partition coefficient (Wildman–Crippen LogP) is 4.45. The fourth-order valence-corrected chi connectivity index (χ4v) is 5.36. The molecule has 0 bridgehead atoms. The quantitative estimate of drug-likeness (QED) is 0.393. The van der Waals surface area contributed by atoms with E-state index in [0.717, 1.165) is 18.4 Å². The molecule has 3 aromatic rings. The van der Waals surface area contributed by atoms with Crippen molar-refractivity contribution in [3.05, 3.63) is 69.5 Å². The highest BCUT2D eigenvalue weighted by Gasteiger charge is 2.19. The van der Waals surface area contributed by atoms with Gasteiger partial charge < -0.3 is 10.1 Å². The second-order valence-electron chi connectivity index (χ2n) is 8.70. The number of thioether (sulfide) groups is 1. The van der Waals surface area contributed by atoms with Crippen molar-refractivity contribution < 1.29 is 9.53 Å². The third kappa shape index (κ3) is 5.31. The number of rotatable bonds is 8. The second-order valence-corrected chi connectivity index (χ2v) is 9.65. The minimum absolute atomic E-state index is 0.0792. The van der Waals surface area contributed by atoms with Gasteiger partial charge in [-0.05, 0) is 68.4 Å². The van der Waals surface area contributed by atoms with Gasteiger partial charge in [0.2, 0.25) is 5.91 Å². The summed E-state index contributed by atoms with van der Waals surface area (Å²) in [6, 6.07) is 13.6. The topological polar surface area (TPSA) is 73.2 Å². The van der Waals surface area contributed by atoms with Crippen LogP contribution < -0.4 is 10.9 Å². The number of carbonyl (C=O) groups is 1. The highest BCUT2D eigenvalue weighted by molar-refractivity contribution is 7.99. The van der Waals surface area contributed by atoms with Crippen LogP contribution in [0.5, 0.6) is 0 Å². The SMILES string of the molecule is COC[C@@H](C)n1c(SCC(=O)N[C@H](C)c2ccc3c(c2)CCCC3)nc2ccccc2c1=O. The van der Waals surface area contributed by atoms with E-state index < -0.39 is 0 Å². The standard InChI is InChI=1S/C26H31N3O3S/c1-17(15-32-3)29-25(31)22-10-6-7-11-23(22)28-26(29)33-16-24(30)27-18(2)20-13-12-19-8-4-5-9-21(19)14-20/h6-7,10-14,17-18H,4-5,8-9,15-16H2,1-3H3,(H,27,30)/t17-,18-/m1/s1. The van der Waals surface area contributed by atoms with Crippen molar-refractivity contribution >= 4 is 28.6 Å². The summed E-state index contributed by atoms with van der Waals surface area (Å²) in [6.07, 6.45) is 4.75. The molecule has 1 N–H and O–H groups in total. The molecule has 2 atom stereocenters. The number of hydrogen-bond acceptors (Lipinski definition) is 5. The first-order valence-electron chi connectivity index (χ1n) is 11.5. The number of methoxy groups -OCH3 is 1. The maximum Gasteiger partial charge on any atom is 0.262 e. The summed E-state index contributed by atoms with van der Waals surface area (Å²) >= 11 is 1.28. The van der Waals surface area contributed by atoms with Gasteiger partial charge in [-0.2, -0.15) is 0 Å². The number of aromatic nitrogens is 2. The molecule has 0 aliphatic heterocycles. The zero-order valence-corrected chi connectivity index (χ0v) is 20.3. The van der Waals surface area contributed by atoms with E-state index in [0.29, 0.717) is 22.7 Å². The fourth-order valence-electron chi connectivity index (χ4n) is 4.45. The van der Waals surface area contributed by atoms with Crippen LogP contribution in [0.15, 0.2) is 52.4 Å². The fraction of sp³-hybridized carbons (Fsp3) is 0.423. The number of ether oxygens (including phenoxy) is 1. The summed E-state index contributed by atoms with van der Waals surface area (Å²) < 4.78 is 6.91. The van der Waals surface area contributed by atoms with E-state index in [-0.39, 0.29) is 29.3 Å². The molecule has 7 heteroatoms. The zero-order valence-electron chi connectivity index (χ0n) is 19.5. The number of amides is 1. The Balaban J connectivity index is 1.49. The van der Waals surface area contributed by atoms with Crippen LogP contribution >= 0.6 is 11.8 Å². The first-order chi connectivity index (χ1) is 16.0. The smallest absolute Gasteiger partial charge is 0.262 e. The van der Waals surface area contributed by atoms with Crippen molar-refractivity contribution in [2.24, 2.45) is 0 Å². The van der Waals surface area contributed by atoms with Gasteiger partial charge in [0, 0.05) is 7.11 Å². The Labute approximate surface area is 198 Å². The minimum Gasteiger partial charge on any atom is -0.383 e. The molecule has 33 heavy (non-hydrogen) atoms. The van der Waals surface area contributed by atoms with Crippen LogP contribution in [0, 0.1) is 0 Å². The van der Waals surface area contributed by atoms with Gasteiger partial charge in [0.25, 0.3) is 5.56 Å². The Hall–Kier alpha value is -2.64. The molecule has 0 radical (unpaired) electrons. The lowest BCUT2D eigenvalue weighted by atomic mass is 9.89. The average Bonchev–Trinajstić information content (AvgIpc) is 2.82. The summed E-state index contributed by atoms with van der Waals surface area (Å²) in [4.78, 5) is 30.6. The summed E-state index contributed by atoms with van der Waals surface area (Å²) in [5, 5.41) is 4.19. The van der Waals surface area contributed by atoms with Gasteiger partial charge in [-0.1, -0.05) is 42.1 Å². The molecule has 1 heterocycles. The van der Waals surface area contributed by atoms with E-state index in [4.69, 9.17) is 4.74 Å². The van der Waals surface area contributed by atoms with Crippen LogP contribution in [-0.2, 0) is 22.4 Å².